The molecule has 2 heterocycles. The van der Waals surface area contributed by atoms with E-state index in [1.165, 1.54) is 23.1 Å². The van der Waals surface area contributed by atoms with Crippen LogP contribution in [0.5, 0.6) is 11.5 Å². The monoisotopic (exact) mass is 495 g/mol. The number of hydrogen-bond acceptors (Lipinski definition) is 8. The number of cyclic esters (lactones) is 1. The zero-order valence-electron chi connectivity index (χ0n) is 18.1. The third-order valence-corrected chi connectivity index (χ3v) is 8.57. The number of carbonyl (C=O) groups is 1. The first-order valence-electron chi connectivity index (χ1n) is 10.6. The zero-order chi connectivity index (χ0) is 22.7. The van der Waals surface area contributed by atoms with Crippen LogP contribution in [0, 0.1) is 5.92 Å². The molecule has 4 rings (SSSR count). The molecule has 2 aromatic rings. The van der Waals surface area contributed by atoms with Crippen molar-refractivity contribution in [2.75, 3.05) is 14.2 Å². The molecular formula is C23H26ClNO5S2. The lowest BCUT2D eigenvalue weighted by atomic mass is 9.77. The van der Waals surface area contributed by atoms with Gasteiger partial charge in [0.15, 0.2) is 4.34 Å². The summed E-state index contributed by atoms with van der Waals surface area (Å²) in [5.41, 5.74) is 0.167. The van der Waals surface area contributed by atoms with E-state index in [4.69, 9.17) is 25.8 Å². The molecule has 0 spiro atoms. The van der Waals surface area contributed by atoms with E-state index in [1.807, 2.05) is 11.4 Å². The first kappa shape index (κ1) is 23.3. The van der Waals surface area contributed by atoms with Crippen molar-refractivity contribution in [3.05, 3.63) is 45.0 Å². The summed E-state index contributed by atoms with van der Waals surface area (Å²) in [4.78, 5) is 17.5. The summed E-state index contributed by atoms with van der Waals surface area (Å²) in [5, 5.41) is 13.3. The number of benzene rings is 1. The summed E-state index contributed by atoms with van der Waals surface area (Å²) < 4.78 is 17.7. The molecule has 1 saturated carbocycles. The van der Waals surface area contributed by atoms with Gasteiger partial charge in [0, 0.05) is 24.1 Å². The molecule has 32 heavy (non-hydrogen) atoms. The smallest absolute Gasteiger partial charge is 0.349 e. The number of rotatable bonds is 8. The fourth-order valence-corrected chi connectivity index (χ4v) is 6.52. The Morgan fingerprint density at radius 2 is 2.03 bits per heavy atom. The van der Waals surface area contributed by atoms with Gasteiger partial charge in [-0.3, -0.25) is 0 Å². The van der Waals surface area contributed by atoms with Crippen molar-refractivity contribution in [1.29, 1.82) is 0 Å². The topological polar surface area (TPSA) is 77.9 Å². The van der Waals surface area contributed by atoms with Crippen LogP contribution >= 0.6 is 34.7 Å². The van der Waals surface area contributed by atoms with Crippen molar-refractivity contribution >= 4 is 40.7 Å². The molecule has 1 atom stereocenters. The van der Waals surface area contributed by atoms with Crippen LogP contribution < -0.4 is 9.47 Å². The number of esters is 1. The molecule has 1 fully saturated rings. The summed E-state index contributed by atoms with van der Waals surface area (Å²) in [6.07, 6.45) is 7.32. The number of aliphatic hydroxyl groups excluding tert-OH is 1. The van der Waals surface area contributed by atoms with E-state index in [9.17, 15) is 9.90 Å². The number of aryl methyl sites for hydroxylation is 1. The molecule has 1 aromatic carbocycles. The normalized spacial score (nSPS) is 21.7. The number of carbonyl (C=O) groups excluding carboxylic acids is 1. The fraction of sp³-hybridized carbons (Fsp3) is 0.478. The van der Waals surface area contributed by atoms with Crippen LogP contribution in [0.15, 0.2) is 38.7 Å². The lowest BCUT2D eigenvalue weighted by molar-refractivity contribution is -0.166. The molecule has 9 heteroatoms. The van der Waals surface area contributed by atoms with E-state index in [2.05, 4.69) is 4.98 Å². The van der Waals surface area contributed by atoms with Gasteiger partial charge in [0.25, 0.3) is 0 Å². The van der Waals surface area contributed by atoms with Gasteiger partial charge in [-0.1, -0.05) is 24.4 Å². The van der Waals surface area contributed by atoms with Gasteiger partial charge in [-0.2, -0.15) is 0 Å². The van der Waals surface area contributed by atoms with Gasteiger partial charge in [-0.25, -0.2) is 9.78 Å². The number of halogens is 1. The Kier molecular flexibility index (Phi) is 7.22. The SMILES string of the molecule is COc1cc(OC)c(CCC2(C3CCCC3)CC(O)=C(Sc3nccs3)C(=O)O2)cc1Cl. The second-order valence-electron chi connectivity index (χ2n) is 8.09. The van der Waals surface area contributed by atoms with Crippen LogP contribution in [-0.4, -0.2) is 35.9 Å². The van der Waals surface area contributed by atoms with E-state index in [-0.39, 0.29) is 16.6 Å². The summed E-state index contributed by atoms with van der Waals surface area (Å²) in [6, 6.07) is 3.61. The molecule has 0 radical (unpaired) electrons. The van der Waals surface area contributed by atoms with E-state index in [0.717, 1.165) is 31.2 Å². The Morgan fingerprint density at radius 1 is 1.28 bits per heavy atom. The van der Waals surface area contributed by atoms with E-state index in [0.29, 0.717) is 40.1 Å². The Balaban J connectivity index is 1.61. The summed E-state index contributed by atoms with van der Waals surface area (Å²) in [6.45, 7) is 0. The number of aromatic nitrogens is 1. The highest BCUT2D eigenvalue weighted by atomic mass is 35.5. The molecule has 2 aliphatic rings. The molecule has 0 bridgehead atoms. The molecule has 0 saturated heterocycles. The Morgan fingerprint density at radius 3 is 2.66 bits per heavy atom. The predicted molar refractivity (Wildman–Crippen MR) is 126 cm³/mol. The van der Waals surface area contributed by atoms with Crippen molar-refractivity contribution in [1.82, 2.24) is 4.98 Å². The molecule has 6 nitrogen and oxygen atoms in total. The quantitative estimate of drug-likeness (QED) is 0.438. The number of ether oxygens (including phenoxy) is 3. The minimum atomic E-state index is -0.748. The minimum Gasteiger partial charge on any atom is -0.511 e. The van der Waals surface area contributed by atoms with Gasteiger partial charge in [-0.05, 0) is 55.0 Å². The van der Waals surface area contributed by atoms with Crippen LogP contribution in [-0.2, 0) is 16.0 Å². The molecule has 172 valence electrons. The van der Waals surface area contributed by atoms with Crippen LogP contribution in [0.25, 0.3) is 0 Å². The van der Waals surface area contributed by atoms with Gasteiger partial charge in [0.1, 0.15) is 27.8 Å². The zero-order valence-corrected chi connectivity index (χ0v) is 20.4. The molecule has 1 aromatic heterocycles. The number of nitrogens with zero attached hydrogens (tertiary/aromatic N) is 1. The van der Waals surface area contributed by atoms with Gasteiger partial charge >= 0.3 is 5.97 Å². The second kappa shape index (κ2) is 9.93. The number of methoxy groups -OCH3 is 2. The summed E-state index contributed by atoms with van der Waals surface area (Å²) in [5.74, 6) is 1.05. The first-order chi connectivity index (χ1) is 15.5. The maximum absolute atomic E-state index is 13.0. The third kappa shape index (κ3) is 4.72. The van der Waals surface area contributed by atoms with Gasteiger partial charge in [-0.15, -0.1) is 11.3 Å². The average molecular weight is 496 g/mol. The largest absolute Gasteiger partial charge is 0.511 e. The van der Waals surface area contributed by atoms with Gasteiger partial charge in [0.2, 0.25) is 0 Å². The van der Waals surface area contributed by atoms with Crippen molar-refractivity contribution in [3.8, 4) is 11.5 Å². The van der Waals surface area contributed by atoms with Crippen LogP contribution in [0.1, 0.15) is 44.1 Å². The number of hydrogen-bond donors (Lipinski definition) is 1. The molecule has 1 aliphatic carbocycles. The maximum atomic E-state index is 13.0. The lowest BCUT2D eigenvalue weighted by Gasteiger charge is -2.41. The number of aliphatic hydroxyl groups is 1. The van der Waals surface area contributed by atoms with Crippen LogP contribution in [0.3, 0.4) is 0 Å². The highest BCUT2D eigenvalue weighted by Gasteiger charge is 2.48. The molecule has 1 aliphatic heterocycles. The lowest BCUT2D eigenvalue weighted by Crippen LogP contribution is -2.45. The molecule has 1 unspecified atom stereocenters. The first-order valence-corrected chi connectivity index (χ1v) is 12.7. The molecular weight excluding hydrogens is 470 g/mol. The Labute approximate surface area is 200 Å². The van der Waals surface area contributed by atoms with E-state index < -0.39 is 11.6 Å². The number of thiazole rings is 1. The molecule has 0 amide bonds. The van der Waals surface area contributed by atoms with Crippen molar-refractivity contribution in [2.45, 2.75) is 54.9 Å². The van der Waals surface area contributed by atoms with Crippen LogP contribution in [0.2, 0.25) is 5.02 Å². The Bertz CT molecular complexity index is 1000. The van der Waals surface area contributed by atoms with Crippen molar-refractivity contribution in [3.63, 3.8) is 0 Å². The molecule has 1 N–H and O–H groups in total. The number of thioether (sulfide) groups is 1. The highest BCUT2D eigenvalue weighted by molar-refractivity contribution is 8.05. The van der Waals surface area contributed by atoms with Crippen LogP contribution in [0.4, 0.5) is 0 Å². The van der Waals surface area contributed by atoms with E-state index >= 15 is 0 Å². The van der Waals surface area contributed by atoms with Crippen molar-refractivity contribution in [2.24, 2.45) is 5.92 Å². The average Bonchev–Trinajstić information content (AvgIpc) is 3.49. The maximum Gasteiger partial charge on any atom is 0.349 e. The standard InChI is InChI=1S/C23H26ClNO5S2/c1-28-18-12-19(29-2)16(24)11-14(18)7-8-23(15-5-3-4-6-15)13-17(26)20(21(27)30-23)32-22-25-9-10-31-22/h9-12,15,26H,3-8,13H2,1-2H3. The highest BCUT2D eigenvalue weighted by Crippen LogP contribution is 2.48. The van der Waals surface area contributed by atoms with Gasteiger partial charge < -0.3 is 19.3 Å². The third-order valence-electron chi connectivity index (χ3n) is 6.28. The summed E-state index contributed by atoms with van der Waals surface area (Å²) >= 11 is 8.95. The Hall–Kier alpha value is -1.90. The predicted octanol–water partition coefficient (Wildman–Crippen LogP) is 6.18. The van der Waals surface area contributed by atoms with Gasteiger partial charge in [0.05, 0.1) is 19.2 Å². The summed E-state index contributed by atoms with van der Waals surface area (Å²) in [7, 11) is 3.17. The van der Waals surface area contributed by atoms with E-state index in [1.54, 1.807) is 26.5 Å². The minimum absolute atomic E-state index is 0.0908. The fourth-order valence-electron chi connectivity index (χ4n) is 4.68. The second-order valence-corrected chi connectivity index (χ2v) is 10.6. The van der Waals surface area contributed by atoms with Crippen molar-refractivity contribution < 1.29 is 24.1 Å².